The van der Waals surface area contributed by atoms with Crippen LogP contribution in [0.1, 0.15) is 12.5 Å². The summed E-state index contributed by atoms with van der Waals surface area (Å²) in [6.45, 7) is 3.61. The Hall–Kier alpha value is -1.53. The van der Waals surface area contributed by atoms with Crippen LogP contribution in [0, 0.1) is 17.6 Å². The molecule has 1 fully saturated rings. The molecule has 0 radical (unpaired) electrons. The summed E-state index contributed by atoms with van der Waals surface area (Å²) < 4.78 is 31.5. The van der Waals surface area contributed by atoms with Gasteiger partial charge in [-0.3, -0.25) is 4.79 Å². The molecule has 0 saturated carbocycles. The molecule has 0 aliphatic carbocycles. The van der Waals surface area contributed by atoms with Crippen molar-refractivity contribution in [3.8, 4) is 0 Å². The molecule has 1 heterocycles. The van der Waals surface area contributed by atoms with Gasteiger partial charge in [-0.25, -0.2) is 8.78 Å². The quantitative estimate of drug-likeness (QED) is 0.854. The first kappa shape index (κ1) is 14.9. The third-order valence-electron chi connectivity index (χ3n) is 3.35. The van der Waals surface area contributed by atoms with E-state index in [-0.39, 0.29) is 30.0 Å². The highest BCUT2D eigenvalue weighted by molar-refractivity contribution is 5.79. The number of carbonyl (C=O) groups is 1. The molecular formula is C14H18F2N2O2. The van der Waals surface area contributed by atoms with Gasteiger partial charge in [0.05, 0.1) is 19.1 Å². The van der Waals surface area contributed by atoms with Crippen molar-refractivity contribution in [3.05, 3.63) is 35.4 Å². The van der Waals surface area contributed by atoms with Gasteiger partial charge in [0, 0.05) is 24.2 Å². The molecule has 0 aromatic heterocycles. The number of benzene rings is 1. The maximum Gasteiger partial charge on any atom is 0.227 e. The second-order valence-electron chi connectivity index (χ2n) is 4.76. The van der Waals surface area contributed by atoms with E-state index in [2.05, 4.69) is 10.6 Å². The van der Waals surface area contributed by atoms with Crippen molar-refractivity contribution in [1.29, 1.82) is 0 Å². The lowest BCUT2D eigenvalue weighted by atomic mass is 10.0. The van der Waals surface area contributed by atoms with Crippen molar-refractivity contribution in [2.45, 2.75) is 19.5 Å². The van der Waals surface area contributed by atoms with Gasteiger partial charge in [-0.05, 0) is 12.6 Å². The van der Waals surface area contributed by atoms with Gasteiger partial charge in [-0.1, -0.05) is 13.0 Å². The molecule has 110 valence electrons. The van der Waals surface area contributed by atoms with E-state index in [0.29, 0.717) is 13.2 Å². The van der Waals surface area contributed by atoms with Crippen LogP contribution in [0.25, 0.3) is 0 Å². The van der Waals surface area contributed by atoms with Crippen LogP contribution in [-0.2, 0) is 16.1 Å². The van der Waals surface area contributed by atoms with Crippen molar-refractivity contribution in [2.75, 3.05) is 19.8 Å². The molecule has 6 heteroatoms. The molecule has 1 amide bonds. The number of ether oxygens (including phenoxy) is 1. The highest BCUT2D eigenvalue weighted by Crippen LogP contribution is 2.15. The molecule has 1 aliphatic rings. The number of amides is 1. The minimum Gasteiger partial charge on any atom is -0.379 e. The Bertz CT molecular complexity index is 482. The lowest BCUT2D eigenvalue weighted by Crippen LogP contribution is -2.43. The maximum absolute atomic E-state index is 13.4. The SMILES string of the molecule is CCNC1COCC1C(=O)NCc1ccc(F)cc1F. The Morgan fingerprint density at radius 3 is 2.90 bits per heavy atom. The van der Waals surface area contributed by atoms with Crippen LogP contribution in [0.15, 0.2) is 18.2 Å². The van der Waals surface area contributed by atoms with Crippen LogP contribution in [0.4, 0.5) is 8.78 Å². The molecule has 2 atom stereocenters. The molecule has 2 rings (SSSR count). The van der Waals surface area contributed by atoms with Gasteiger partial charge in [0.25, 0.3) is 0 Å². The van der Waals surface area contributed by atoms with Gasteiger partial charge in [-0.15, -0.1) is 0 Å². The van der Waals surface area contributed by atoms with E-state index in [1.807, 2.05) is 6.92 Å². The Kier molecular flexibility index (Phi) is 5.03. The Morgan fingerprint density at radius 2 is 2.20 bits per heavy atom. The van der Waals surface area contributed by atoms with E-state index in [9.17, 15) is 13.6 Å². The largest absolute Gasteiger partial charge is 0.379 e. The lowest BCUT2D eigenvalue weighted by molar-refractivity contribution is -0.125. The normalized spacial score (nSPS) is 21.9. The van der Waals surface area contributed by atoms with Crippen molar-refractivity contribution in [1.82, 2.24) is 10.6 Å². The zero-order valence-corrected chi connectivity index (χ0v) is 11.3. The summed E-state index contributed by atoms with van der Waals surface area (Å²) >= 11 is 0. The van der Waals surface area contributed by atoms with E-state index in [0.717, 1.165) is 12.6 Å². The van der Waals surface area contributed by atoms with Crippen LogP contribution in [-0.4, -0.2) is 31.7 Å². The van der Waals surface area contributed by atoms with E-state index in [4.69, 9.17) is 4.74 Å². The van der Waals surface area contributed by atoms with Crippen LogP contribution in [0.2, 0.25) is 0 Å². The number of hydrogen-bond donors (Lipinski definition) is 2. The van der Waals surface area contributed by atoms with Gasteiger partial charge < -0.3 is 15.4 Å². The zero-order chi connectivity index (χ0) is 14.5. The second kappa shape index (κ2) is 6.76. The summed E-state index contributed by atoms with van der Waals surface area (Å²) in [5.41, 5.74) is 0.263. The third kappa shape index (κ3) is 3.52. The van der Waals surface area contributed by atoms with Crippen LogP contribution >= 0.6 is 0 Å². The molecule has 20 heavy (non-hydrogen) atoms. The summed E-state index contributed by atoms with van der Waals surface area (Å²) in [4.78, 5) is 12.1. The van der Waals surface area contributed by atoms with Gasteiger partial charge in [0.2, 0.25) is 5.91 Å². The smallest absolute Gasteiger partial charge is 0.227 e. The average molecular weight is 284 g/mol. The lowest BCUT2D eigenvalue weighted by Gasteiger charge is -2.17. The van der Waals surface area contributed by atoms with Crippen LogP contribution in [0.5, 0.6) is 0 Å². The van der Waals surface area contributed by atoms with Crippen molar-refractivity contribution in [3.63, 3.8) is 0 Å². The first-order valence-corrected chi connectivity index (χ1v) is 6.64. The third-order valence-corrected chi connectivity index (χ3v) is 3.35. The van der Waals surface area contributed by atoms with Crippen molar-refractivity contribution >= 4 is 5.91 Å². The highest BCUT2D eigenvalue weighted by Gasteiger charge is 2.33. The van der Waals surface area contributed by atoms with Crippen molar-refractivity contribution in [2.24, 2.45) is 5.92 Å². The second-order valence-corrected chi connectivity index (χ2v) is 4.76. The maximum atomic E-state index is 13.4. The van der Waals surface area contributed by atoms with Gasteiger partial charge >= 0.3 is 0 Å². The number of hydrogen-bond acceptors (Lipinski definition) is 3. The first-order chi connectivity index (χ1) is 9.61. The Balaban J connectivity index is 1.91. The summed E-state index contributed by atoms with van der Waals surface area (Å²) in [5, 5.41) is 5.85. The van der Waals surface area contributed by atoms with Gasteiger partial charge in [0.15, 0.2) is 0 Å². The fourth-order valence-electron chi connectivity index (χ4n) is 2.25. The van der Waals surface area contributed by atoms with Gasteiger partial charge in [0.1, 0.15) is 11.6 Å². The Morgan fingerprint density at radius 1 is 1.40 bits per heavy atom. The number of rotatable bonds is 5. The fraction of sp³-hybridized carbons (Fsp3) is 0.500. The molecule has 1 saturated heterocycles. The van der Waals surface area contributed by atoms with Crippen molar-refractivity contribution < 1.29 is 18.3 Å². The topological polar surface area (TPSA) is 50.4 Å². The zero-order valence-electron chi connectivity index (χ0n) is 11.3. The molecule has 1 aliphatic heterocycles. The number of likely N-dealkylation sites (N-methyl/N-ethyl adjacent to an activating group) is 1. The number of halogens is 2. The predicted octanol–water partition coefficient (Wildman–Crippen LogP) is 1.21. The number of nitrogens with one attached hydrogen (secondary N) is 2. The standard InChI is InChI=1S/C14H18F2N2O2/c1-2-17-13-8-20-7-11(13)14(19)18-6-9-3-4-10(15)5-12(9)16/h3-5,11,13,17H,2,6-8H2,1H3,(H,18,19). The molecule has 1 aromatic rings. The first-order valence-electron chi connectivity index (χ1n) is 6.64. The van der Waals surface area contributed by atoms with Crippen LogP contribution in [0.3, 0.4) is 0 Å². The predicted molar refractivity (Wildman–Crippen MR) is 70.0 cm³/mol. The minimum absolute atomic E-state index is 0.0157. The molecule has 2 unspecified atom stereocenters. The molecule has 0 spiro atoms. The van der Waals surface area contributed by atoms with E-state index < -0.39 is 11.6 Å². The summed E-state index contributed by atoms with van der Waals surface area (Å²) in [7, 11) is 0. The average Bonchev–Trinajstić information content (AvgIpc) is 2.86. The molecular weight excluding hydrogens is 266 g/mol. The summed E-state index contributed by atoms with van der Waals surface area (Å²) in [6, 6.07) is 3.29. The summed E-state index contributed by atoms with van der Waals surface area (Å²) in [6.07, 6.45) is 0. The monoisotopic (exact) mass is 284 g/mol. The molecule has 2 N–H and O–H groups in total. The minimum atomic E-state index is -0.656. The van der Waals surface area contributed by atoms with Crippen LogP contribution < -0.4 is 10.6 Å². The molecule has 1 aromatic carbocycles. The van der Waals surface area contributed by atoms with E-state index in [1.165, 1.54) is 12.1 Å². The highest BCUT2D eigenvalue weighted by atomic mass is 19.1. The van der Waals surface area contributed by atoms with Gasteiger partial charge in [-0.2, -0.15) is 0 Å². The van der Waals surface area contributed by atoms with E-state index in [1.54, 1.807) is 0 Å². The van der Waals surface area contributed by atoms with E-state index >= 15 is 0 Å². The molecule has 0 bridgehead atoms. The number of carbonyl (C=O) groups excluding carboxylic acids is 1. The Labute approximate surface area is 116 Å². The fourth-order valence-corrected chi connectivity index (χ4v) is 2.25. The molecule has 4 nitrogen and oxygen atoms in total. The summed E-state index contributed by atoms with van der Waals surface area (Å²) in [5.74, 6) is -1.75.